The van der Waals surface area contributed by atoms with Crippen molar-refractivity contribution in [3.63, 3.8) is 0 Å². The van der Waals surface area contributed by atoms with Gasteiger partial charge >= 0.3 is 5.51 Å². The van der Waals surface area contributed by atoms with Gasteiger partial charge in [-0.15, -0.1) is 0 Å². The Morgan fingerprint density at radius 1 is 0.679 bits per heavy atom. The summed E-state index contributed by atoms with van der Waals surface area (Å²) in [5.74, 6) is 0. The van der Waals surface area contributed by atoms with Crippen molar-refractivity contribution in [2.24, 2.45) is 7.05 Å². The monoisotopic (exact) mass is 771 g/mol. The Bertz CT molecular complexity index is 1900. The smallest absolute Gasteiger partial charge is 0.485 e. The largest absolute Gasteiger partial charge is 0.741 e. The normalized spacial score (nSPS) is 20.4. The number of nitrogens with zero attached hydrogens (tertiary/aromatic N) is 1. The molecule has 1 aliphatic rings. The number of hydrogen-bond donors (Lipinski definition) is 0. The van der Waals surface area contributed by atoms with Crippen molar-refractivity contribution in [1.82, 2.24) is 0 Å². The Kier molecular flexibility index (Phi) is 14.7. The summed E-state index contributed by atoms with van der Waals surface area (Å²) in [5, 5.41) is 3.13. The van der Waals surface area contributed by atoms with E-state index in [1.807, 2.05) is 79.8 Å². The van der Waals surface area contributed by atoms with Crippen molar-refractivity contribution in [2.45, 2.75) is 62.5 Å². The number of halogens is 3. The van der Waals surface area contributed by atoms with Gasteiger partial charge in [0.05, 0.1) is 38.4 Å². The van der Waals surface area contributed by atoms with Crippen LogP contribution in [-0.4, -0.2) is 49.5 Å². The first-order valence-corrected chi connectivity index (χ1v) is 19.0. The average molecular weight is 772 g/mol. The molecule has 0 radical (unpaired) electrons. The Labute approximate surface area is 311 Å². The molecule has 1 aliphatic heterocycles. The molecule has 282 valence electrons. The summed E-state index contributed by atoms with van der Waals surface area (Å²) >= 11 is 1.65. The summed E-state index contributed by atoms with van der Waals surface area (Å²) in [6, 6.07) is 40.9. The number of aryl methyl sites for hydroxylation is 1. The summed E-state index contributed by atoms with van der Waals surface area (Å²) in [7, 11) is -4.05. The van der Waals surface area contributed by atoms with Crippen LogP contribution in [0.4, 0.5) is 13.2 Å². The Morgan fingerprint density at radius 2 is 1.08 bits per heavy atom. The Balaban J connectivity index is 0.000000609. The first-order chi connectivity index (χ1) is 25.5. The molecular weight excluding hydrogens is 732 g/mol. The highest BCUT2D eigenvalue weighted by molar-refractivity contribution is 7.86. The second-order valence-corrected chi connectivity index (χ2v) is 14.4. The second-order valence-electron chi connectivity index (χ2n) is 12.1. The van der Waals surface area contributed by atoms with Crippen molar-refractivity contribution in [3.05, 3.63) is 160 Å². The lowest BCUT2D eigenvalue weighted by Crippen LogP contribution is -2.59. The molecule has 1 fully saturated rings. The third-order valence-electron chi connectivity index (χ3n) is 8.23. The van der Waals surface area contributed by atoms with Crippen molar-refractivity contribution in [1.29, 1.82) is 0 Å². The third kappa shape index (κ3) is 12.0. The molecule has 0 aliphatic carbocycles. The van der Waals surface area contributed by atoms with Crippen LogP contribution in [0.5, 0.6) is 0 Å². The maximum absolute atomic E-state index is 10.7. The zero-order valence-electron chi connectivity index (χ0n) is 28.8. The summed E-state index contributed by atoms with van der Waals surface area (Å²) in [6.07, 6.45) is -0.0694. The molecule has 2 heterocycles. The number of thiazole rings is 1. The van der Waals surface area contributed by atoms with Gasteiger partial charge in [0.1, 0.15) is 31.5 Å². The number of aromatic nitrogens is 1. The van der Waals surface area contributed by atoms with Gasteiger partial charge in [0, 0.05) is 0 Å². The third-order valence-corrected chi connectivity index (χ3v) is 9.82. The molecule has 14 heteroatoms. The molecular formula is C39H40F3NO8S2. The van der Waals surface area contributed by atoms with E-state index < -0.39 is 40.0 Å². The number of rotatable bonds is 14. The van der Waals surface area contributed by atoms with E-state index in [1.54, 1.807) is 11.3 Å². The summed E-state index contributed by atoms with van der Waals surface area (Å²) in [4.78, 5) is 0. The van der Waals surface area contributed by atoms with Crippen LogP contribution in [0.2, 0.25) is 0 Å². The molecule has 0 amide bonds. The highest BCUT2D eigenvalue weighted by Gasteiger charge is 2.51. The summed E-state index contributed by atoms with van der Waals surface area (Å²) in [6.45, 7) is 2.08. The van der Waals surface area contributed by atoms with Gasteiger partial charge in [-0.3, -0.25) is 0 Å². The molecule has 5 aromatic rings. The predicted molar refractivity (Wildman–Crippen MR) is 190 cm³/mol. The second kappa shape index (κ2) is 19.4. The number of benzene rings is 4. The van der Waals surface area contributed by atoms with Gasteiger partial charge in [-0.2, -0.15) is 17.7 Å². The van der Waals surface area contributed by atoms with Crippen LogP contribution in [0, 0.1) is 0 Å². The SMILES string of the molecule is C[n+]1ccsc1[C@@H]1O[C@H](COCc2ccccc2)[C@H](OCc2ccccc2)[C@H](OCc2ccccc2)[C@H]1OCc1ccccc1.O=S(=O)([O-])C(F)(F)F. The van der Waals surface area contributed by atoms with Crippen LogP contribution in [0.25, 0.3) is 0 Å². The van der Waals surface area contributed by atoms with E-state index in [-0.39, 0.29) is 6.10 Å². The standard InChI is InChI=1S/C38H40NO5S.CHF3O3S/c1-39-22-23-45-38(39)37-36(43-27-32-20-12-5-13-21-32)35(42-26-31-18-10-4-11-19-31)34(41-25-30-16-8-3-9-17-30)33(44-37)28-40-24-29-14-6-2-7-15-29;2-1(3,4)8(5,6)7/h2-23,33-37H,24-28H2,1H3;(H,5,6,7)/q+1;/p-1/t33-,34+,35+,36-,37-;/m1./s1. The van der Waals surface area contributed by atoms with Crippen LogP contribution in [0.3, 0.4) is 0 Å². The van der Waals surface area contributed by atoms with Crippen LogP contribution >= 0.6 is 11.3 Å². The molecule has 0 saturated carbocycles. The fraction of sp³-hybridized carbons (Fsp3) is 0.308. The molecule has 4 aromatic carbocycles. The lowest BCUT2D eigenvalue weighted by Gasteiger charge is -2.45. The van der Waals surface area contributed by atoms with E-state index in [0.29, 0.717) is 33.0 Å². The fourth-order valence-corrected chi connectivity index (χ4v) is 6.54. The van der Waals surface area contributed by atoms with Gasteiger partial charge < -0.3 is 28.2 Å². The first-order valence-electron chi connectivity index (χ1n) is 16.7. The lowest BCUT2D eigenvalue weighted by molar-refractivity contribution is -0.679. The van der Waals surface area contributed by atoms with E-state index >= 15 is 0 Å². The number of alkyl halides is 3. The minimum atomic E-state index is -6.09. The van der Waals surface area contributed by atoms with Gasteiger partial charge in [-0.1, -0.05) is 133 Å². The number of hydrogen-bond acceptors (Lipinski definition) is 9. The summed E-state index contributed by atoms with van der Waals surface area (Å²) in [5.41, 5.74) is -1.28. The van der Waals surface area contributed by atoms with E-state index in [2.05, 4.69) is 64.7 Å². The number of ether oxygens (including phenoxy) is 5. The minimum absolute atomic E-state index is 0.344. The molecule has 0 N–H and O–H groups in total. The van der Waals surface area contributed by atoms with E-state index in [0.717, 1.165) is 27.3 Å². The lowest BCUT2D eigenvalue weighted by atomic mass is 9.94. The van der Waals surface area contributed by atoms with E-state index in [9.17, 15) is 13.2 Å². The van der Waals surface area contributed by atoms with Crippen molar-refractivity contribution in [2.75, 3.05) is 6.61 Å². The predicted octanol–water partition coefficient (Wildman–Crippen LogP) is 7.04. The highest BCUT2D eigenvalue weighted by Crippen LogP contribution is 2.39. The van der Waals surface area contributed by atoms with Crippen molar-refractivity contribution >= 4 is 21.5 Å². The van der Waals surface area contributed by atoms with Gasteiger partial charge in [-0.25, -0.2) is 8.42 Å². The van der Waals surface area contributed by atoms with Gasteiger partial charge in [0.2, 0.25) is 0 Å². The first kappa shape index (κ1) is 40.2. The molecule has 0 spiro atoms. The highest BCUT2D eigenvalue weighted by atomic mass is 32.2. The molecule has 6 rings (SSSR count). The zero-order chi connectivity index (χ0) is 37.7. The Morgan fingerprint density at radius 3 is 1.47 bits per heavy atom. The summed E-state index contributed by atoms with van der Waals surface area (Å²) < 4.78 is 94.7. The molecule has 0 bridgehead atoms. The molecule has 53 heavy (non-hydrogen) atoms. The molecule has 1 saturated heterocycles. The topological polar surface area (TPSA) is 107 Å². The minimum Gasteiger partial charge on any atom is -0.741 e. The van der Waals surface area contributed by atoms with Crippen LogP contribution in [0.1, 0.15) is 33.4 Å². The van der Waals surface area contributed by atoms with Crippen molar-refractivity contribution in [3.8, 4) is 0 Å². The Hall–Kier alpha value is -3.99. The van der Waals surface area contributed by atoms with Crippen LogP contribution in [0.15, 0.2) is 133 Å². The van der Waals surface area contributed by atoms with E-state index in [4.69, 9.17) is 36.7 Å². The quantitative estimate of drug-likeness (QED) is 0.0673. The molecule has 1 aromatic heterocycles. The fourth-order valence-electron chi connectivity index (χ4n) is 5.60. The van der Waals surface area contributed by atoms with E-state index in [1.165, 1.54) is 0 Å². The maximum Gasteiger partial charge on any atom is 0.485 e. The van der Waals surface area contributed by atoms with Crippen LogP contribution < -0.4 is 4.57 Å². The molecule has 0 unspecified atom stereocenters. The average Bonchev–Trinajstić information content (AvgIpc) is 3.59. The zero-order valence-corrected chi connectivity index (χ0v) is 30.4. The molecule has 5 atom stereocenters. The van der Waals surface area contributed by atoms with Crippen molar-refractivity contribution < 1.29 is 54.4 Å². The maximum atomic E-state index is 10.7. The molecule has 9 nitrogen and oxygen atoms in total. The van der Waals surface area contributed by atoms with Gasteiger partial charge in [0.25, 0.3) is 5.01 Å². The van der Waals surface area contributed by atoms with Gasteiger partial charge in [0.15, 0.2) is 22.4 Å². The van der Waals surface area contributed by atoms with Gasteiger partial charge in [-0.05, 0) is 22.3 Å². The van der Waals surface area contributed by atoms with Crippen LogP contribution in [-0.2, 0) is 67.3 Å².